The van der Waals surface area contributed by atoms with E-state index >= 15 is 0 Å². The van der Waals surface area contributed by atoms with E-state index in [-0.39, 0.29) is 17.7 Å². The van der Waals surface area contributed by atoms with Crippen LogP contribution in [0.4, 0.5) is 0 Å². The van der Waals surface area contributed by atoms with Gasteiger partial charge in [-0.15, -0.1) is 10.2 Å². The molecule has 4 rings (SSSR count). The van der Waals surface area contributed by atoms with Crippen LogP contribution < -0.4 is 0 Å². The Bertz CT molecular complexity index is 809. The molecule has 7 nitrogen and oxygen atoms in total. The summed E-state index contributed by atoms with van der Waals surface area (Å²) in [5.41, 5.74) is 1.02. The summed E-state index contributed by atoms with van der Waals surface area (Å²) in [4.78, 5) is 28.2. The molecule has 1 atom stereocenters. The topological polar surface area (TPSA) is 71.3 Å². The highest BCUT2D eigenvalue weighted by Crippen LogP contribution is 2.31. The first-order valence-corrected chi connectivity index (χ1v) is 9.18. The number of hydrogen-bond acceptors (Lipinski definition) is 4. The quantitative estimate of drug-likeness (QED) is 0.821. The minimum absolute atomic E-state index is 0.0713. The van der Waals surface area contributed by atoms with Crippen LogP contribution in [0.3, 0.4) is 0 Å². The SMILES string of the molecule is CC(=O)N1CCN(C(=O)C2CCCn3c(-c4ccccc4)nnc32)CC1. The van der Waals surface area contributed by atoms with Gasteiger partial charge >= 0.3 is 0 Å². The van der Waals surface area contributed by atoms with Gasteiger partial charge in [-0.2, -0.15) is 0 Å². The maximum absolute atomic E-state index is 13.1. The van der Waals surface area contributed by atoms with Crippen LogP contribution in [0.5, 0.6) is 0 Å². The van der Waals surface area contributed by atoms with E-state index in [4.69, 9.17) is 0 Å². The van der Waals surface area contributed by atoms with Crippen molar-refractivity contribution >= 4 is 11.8 Å². The van der Waals surface area contributed by atoms with Gasteiger partial charge in [0.05, 0.1) is 5.92 Å². The van der Waals surface area contributed by atoms with Gasteiger partial charge in [-0.25, -0.2) is 0 Å². The van der Waals surface area contributed by atoms with E-state index in [1.807, 2.05) is 35.2 Å². The maximum Gasteiger partial charge on any atom is 0.233 e. The van der Waals surface area contributed by atoms with E-state index in [9.17, 15) is 9.59 Å². The molecule has 136 valence electrons. The second-order valence-electron chi connectivity index (χ2n) is 6.93. The fourth-order valence-corrected chi connectivity index (χ4v) is 3.87. The smallest absolute Gasteiger partial charge is 0.233 e. The van der Waals surface area contributed by atoms with Crippen molar-refractivity contribution in [3.63, 3.8) is 0 Å². The molecule has 7 heteroatoms. The molecule has 0 aliphatic carbocycles. The Morgan fingerprint density at radius 3 is 2.35 bits per heavy atom. The van der Waals surface area contributed by atoms with Crippen LogP contribution in [0.1, 0.15) is 31.5 Å². The molecule has 3 heterocycles. The number of rotatable bonds is 2. The third kappa shape index (κ3) is 2.98. The van der Waals surface area contributed by atoms with Gasteiger partial charge in [0.25, 0.3) is 0 Å². The molecule has 2 aliphatic rings. The van der Waals surface area contributed by atoms with E-state index in [0.717, 1.165) is 36.6 Å². The van der Waals surface area contributed by atoms with Crippen molar-refractivity contribution in [3.05, 3.63) is 36.2 Å². The Labute approximate surface area is 152 Å². The number of aromatic nitrogens is 3. The fraction of sp³-hybridized carbons (Fsp3) is 0.474. The first kappa shape index (κ1) is 16.8. The molecule has 1 aromatic carbocycles. The highest BCUT2D eigenvalue weighted by Gasteiger charge is 2.35. The van der Waals surface area contributed by atoms with Gasteiger partial charge in [-0.05, 0) is 12.8 Å². The summed E-state index contributed by atoms with van der Waals surface area (Å²) < 4.78 is 2.09. The Morgan fingerprint density at radius 2 is 1.65 bits per heavy atom. The normalized spacial score (nSPS) is 20.0. The van der Waals surface area contributed by atoms with Crippen molar-refractivity contribution in [2.24, 2.45) is 0 Å². The summed E-state index contributed by atoms with van der Waals surface area (Å²) in [6.45, 7) is 4.81. The van der Waals surface area contributed by atoms with Crippen molar-refractivity contribution in [2.75, 3.05) is 26.2 Å². The number of amides is 2. The minimum atomic E-state index is -0.238. The second kappa shape index (κ2) is 6.90. The van der Waals surface area contributed by atoms with Crippen molar-refractivity contribution in [3.8, 4) is 11.4 Å². The van der Waals surface area contributed by atoms with Crippen molar-refractivity contribution < 1.29 is 9.59 Å². The first-order chi connectivity index (χ1) is 12.6. The summed E-state index contributed by atoms with van der Waals surface area (Å²) in [5, 5.41) is 8.74. The first-order valence-electron chi connectivity index (χ1n) is 9.18. The lowest BCUT2D eigenvalue weighted by molar-refractivity contribution is -0.139. The molecule has 2 amide bonds. The fourth-order valence-electron chi connectivity index (χ4n) is 3.87. The van der Waals surface area contributed by atoms with Gasteiger partial charge in [-0.1, -0.05) is 30.3 Å². The summed E-state index contributed by atoms with van der Waals surface area (Å²) in [6, 6.07) is 9.98. The highest BCUT2D eigenvalue weighted by atomic mass is 16.2. The van der Waals surface area contributed by atoms with E-state index in [2.05, 4.69) is 14.8 Å². The average Bonchev–Trinajstić information content (AvgIpc) is 3.12. The van der Waals surface area contributed by atoms with Gasteiger partial charge in [0.1, 0.15) is 5.82 Å². The number of carbonyl (C=O) groups excluding carboxylic acids is 2. The van der Waals surface area contributed by atoms with Crippen LogP contribution in [0.25, 0.3) is 11.4 Å². The molecule has 0 bridgehead atoms. The van der Waals surface area contributed by atoms with Crippen LogP contribution in [0, 0.1) is 0 Å². The van der Waals surface area contributed by atoms with Crippen LogP contribution in [-0.4, -0.2) is 62.6 Å². The molecule has 1 unspecified atom stereocenters. The Morgan fingerprint density at radius 1 is 0.962 bits per heavy atom. The monoisotopic (exact) mass is 353 g/mol. The maximum atomic E-state index is 13.1. The average molecular weight is 353 g/mol. The molecule has 26 heavy (non-hydrogen) atoms. The van der Waals surface area contributed by atoms with Gasteiger partial charge < -0.3 is 14.4 Å². The van der Waals surface area contributed by atoms with Crippen molar-refractivity contribution in [2.45, 2.75) is 32.2 Å². The van der Waals surface area contributed by atoms with Gasteiger partial charge in [0, 0.05) is 45.2 Å². The third-order valence-corrected chi connectivity index (χ3v) is 5.33. The van der Waals surface area contributed by atoms with Crippen LogP contribution in [0.2, 0.25) is 0 Å². The van der Waals surface area contributed by atoms with E-state index < -0.39 is 0 Å². The third-order valence-electron chi connectivity index (χ3n) is 5.33. The van der Waals surface area contributed by atoms with Crippen molar-refractivity contribution in [1.82, 2.24) is 24.6 Å². The van der Waals surface area contributed by atoms with E-state index in [0.29, 0.717) is 26.2 Å². The zero-order valence-electron chi connectivity index (χ0n) is 15.0. The molecule has 2 aliphatic heterocycles. The molecular formula is C19H23N5O2. The lowest BCUT2D eigenvalue weighted by atomic mass is 9.96. The molecule has 0 N–H and O–H groups in total. The zero-order chi connectivity index (χ0) is 18.1. The van der Waals surface area contributed by atoms with Gasteiger partial charge in [-0.3, -0.25) is 9.59 Å². The molecular weight excluding hydrogens is 330 g/mol. The van der Waals surface area contributed by atoms with E-state index in [1.165, 1.54) is 0 Å². The highest BCUT2D eigenvalue weighted by molar-refractivity contribution is 5.83. The Hall–Kier alpha value is -2.70. The lowest BCUT2D eigenvalue weighted by Crippen LogP contribution is -2.51. The summed E-state index contributed by atoms with van der Waals surface area (Å²) in [7, 11) is 0. The Balaban J connectivity index is 1.54. The lowest BCUT2D eigenvalue weighted by Gasteiger charge is -2.36. The van der Waals surface area contributed by atoms with Gasteiger partial charge in [0.15, 0.2) is 5.82 Å². The minimum Gasteiger partial charge on any atom is -0.339 e. The number of benzene rings is 1. The molecule has 1 fully saturated rings. The number of nitrogens with zero attached hydrogens (tertiary/aromatic N) is 5. The number of carbonyl (C=O) groups is 2. The largest absolute Gasteiger partial charge is 0.339 e. The second-order valence-corrected chi connectivity index (χ2v) is 6.93. The van der Waals surface area contributed by atoms with Crippen LogP contribution in [0.15, 0.2) is 30.3 Å². The standard InChI is InChI=1S/C19H23N5O2/c1-14(25)22-10-12-23(13-11-22)19(26)16-8-5-9-24-17(20-21-18(16)24)15-6-3-2-4-7-15/h2-4,6-7,16H,5,8-13H2,1H3. The molecule has 1 saturated heterocycles. The summed E-state index contributed by atoms with van der Waals surface area (Å²) in [5.74, 6) is 1.55. The number of hydrogen-bond donors (Lipinski definition) is 0. The van der Waals surface area contributed by atoms with Crippen molar-refractivity contribution in [1.29, 1.82) is 0 Å². The van der Waals surface area contributed by atoms with E-state index in [1.54, 1.807) is 11.8 Å². The Kier molecular flexibility index (Phi) is 4.44. The molecule has 0 radical (unpaired) electrons. The molecule has 1 aromatic heterocycles. The summed E-state index contributed by atoms with van der Waals surface area (Å²) >= 11 is 0. The predicted molar refractivity (Wildman–Crippen MR) is 96.3 cm³/mol. The summed E-state index contributed by atoms with van der Waals surface area (Å²) in [6.07, 6.45) is 1.74. The number of fused-ring (bicyclic) bond motifs is 1. The molecule has 2 aromatic rings. The number of piperazine rings is 1. The van der Waals surface area contributed by atoms with Gasteiger partial charge in [0.2, 0.25) is 11.8 Å². The zero-order valence-corrected chi connectivity index (χ0v) is 15.0. The molecule has 0 spiro atoms. The predicted octanol–water partition coefficient (Wildman–Crippen LogP) is 1.51. The molecule has 0 saturated carbocycles. The van der Waals surface area contributed by atoms with Crippen LogP contribution >= 0.6 is 0 Å². The van der Waals surface area contributed by atoms with Crippen LogP contribution in [-0.2, 0) is 16.1 Å².